The number of aryl methyl sites for hydroxylation is 1. The lowest BCUT2D eigenvalue weighted by atomic mass is 10.2. The molecule has 1 fully saturated rings. The van der Waals surface area contributed by atoms with E-state index in [1.807, 2.05) is 6.92 Å². The van der Waals surface area contributed by atoms with Crippen LogP contribution in [0, 0.1) is 6.92 Å². The fraction of sp³-hybridized carbons (Fsp3) is 0.500. The predicted octanol–water partition coefficient (Wildman–Crippen LogP) is -0.507. The molecular formula is C14H20N2O5S. The van der Waals surface area contributed by atoms with Crippen LogP contribution in [0.1, 0.15) is 5.56 Å². The second kappa shape index (κ2) is 7.19. The van der Waals surface area contributed by atoms with E-state index < -0.39 is 28.6 Å². The van der Waals surface area contributed by atoms with Gasteiger partial charge in [-0.15, -0.1) is 0 Å². The van der Waals surface area contributed by atoms with Crippen molar-refractivity contribution in [1.82, 2.24) is 9.62 Å². The number of morpholine rings is 1. The number of ether oxygens (including phenoxy) is 1. The number of benzene rings is 1. The normalized spacial score (nSPS) is 17.3. The van der Waals surface area contributed by atoms with E-state index >= 15 is 0 Å². The Morgan fingerprint density at radius 1 is 1.32 bits per heavy atom. The van der Waals surface area contributed by atoms with Crippen LogP contribution in [0.5, 0.6) is 0 Å². The van der Waals surface area contributed by atoms with Crippen LogP contribution in [0.4, 0.5) is 0 Å². The Bertz CT molecular complexity index is 609. The summed E-state index contributed by atoms with van der Waals surface area (Å²) in [5, 5.41) is 9.38. The zero-order valence-electron chi connectivity index (χ0n) is 12.4. The number of aliphatic hydroxyl groups excluding tert-OH is 1. The summed E-state index contributed by atoms with van der Waals surface area (Å²) in [6.07, 6.45) is 0. The summed E-state index contributed by atoms with van der Waals surface area (Å²) in [6, 6.07) is 5.08. The largest absolute Gasteiger partial charge is 0.394 e. The number of sulfonamides is 1. The molecule has 1 aromatic carbocycles. The van der Waals surface area contributed by atoms with Gasteiger partial charge in [0.1, 0.15) is 6.04 Å². The molecule has 0 radical (unpaired) electrons. The van der Waals surface area contributed by atoms with Gasteiger partial charge >= 0.3 is 0 Å². The van der Waals surface area contributed by atoms with Gasteiger partial charge in [0.05, 0.1) is 24.7 Å². The highest BCUT2D eigenvalue weighted by Gasteiger charge is 2.29. The zero-order valence-corrected chi connectivity index (χ0v) is 13.2. The van der Waals surface area contributed by atoms with Crippen LogP contribution >= 0.6 is 0 Å². The van der Waals surface area contributed by atoms with Crippen molar-refractivity contribution in [3.05, 3.63) is 29.8 Å². The number of rotatable bonds is 5. The van der Waals surface area contributed by atoms with Crippen molar-refractivity contribution in [2.24, 2.45) is 0 Å². The minimum Gasteiger partial charge on any atom is -0.394 e. The van der Waals surface area contributed by atoms with Gasteiger partial charge in [0.2, 0.25) is 15.9 Å². The van der Waals surface area contributed by atoms with Gasteiger partial charge in [0, 0.05) is 13.1 Å². The number of nitrogens with one attached hydrogen (secondary N) is 1. The Morgan fingerprint density at radius 3 is 2.45 bits per heavy atom. The van der Waals surface area contributed by atoms with Crippen molar-refractivity contribution in [3.8, 4) is 0 Å². The highest BCUT2D eigenvalue weighted by Crippen LogP contribution is 2.11. The van der Waals surface area contributed by atoms with Crippen LogP contribution in [-0.2, 0) is 19.6 Å². The maximum atomic E-state index is 12.3. The fourth-order valence-corrected chi connectivity index (χ4v) is 3.32. The van der Waals surface area contributed by atoms with Crippen LogP contribution in [0.2, 0.25) is 0 Å². The number of hydrogen-bond acceptors (Lipinski definition) is 5. The third kappa shape index (κ3) is 4.04. The van der Waals surface area contributed by atoms with Gasteiger partial charge in [-0.1, -0.05) is 17.7 Å². The van der Waals surface area contributed by atoms with Crippen LogP contribution in [0.15, 0.2) is 29.2 Å². The molecular weight excluding hydrogens is 308 g/mol. The molecule has 7 nitrogen and oxygen atoms in total. The van der Waals surface area contributed by atoms with Crippen molar-refractivity contribution in [1.29, 1.82) is 0 Å². The van der Waals surface area contributed by atoms with E-state index in [2.05, 4.69) is 4.72 Å². The highest BCUT2D eigenvalue weighted by atomic mass is 32.2. The number of amides is 1. The van der Waals surface area contributed by atoms with Crippen LogP contribution in [-0.4, -0.2) is 63.3 Å². The van der Waals surface area contributed by atoms with E-state index in [-0.39, 0.29) is 4.90 Å². The van der Waals surface area contributed by atoms with Crippen molar-refractivity contribution >= 4 is 15.9 Å². The van der Waals surface area contributed by atoms with E-state index in [9.17, 15) is 18.3 Å². The molecule has 8 heteroatoms. The number of aliphatic hydroxyl groups is 1. The molecule has 1 amide bonds. The summed E-state index contributed by atoms with van der Waals surface area (Å²) >= 11 is 0. The SMILES string of the molecule is Cc1ccc(S(=O)(=O)N[C@@H](CO)C(=O)N2CCOCC2)cc1. The first kappa shape index (κ1) is 16.9. The maximum absolute atomic E-state index is 12.3. The number of carbonyl (C=O) groups excluding carboxylic acids is 1. The summed E-state index contributed by atoms with van der Waals surface area (Å²) in [4.78, 5) is 13.8. The Morgan fingerprint density at radius 2 is 1.91 bits per heavy atom. The molecule has 0 aliphatic carbocycles. The first-order valence-corrected chi connectivity index (χ1v) is 8.49. The van der Waals surface area contributed by atoms with Gasteiger partial charge in [-0.25, -0.2) is 8.42 Å². The van der Waals surface area contributed by atoms with E-state index in [0.29, 0.717) is 26.3 Å². The van der Waals surface area contributed by atoms with E-state index in [0.717, 1.165) is 5.56 Å². The summed E-state index contributed by atoms with van der Waals surface area (Å²) in [5.41, 5.74) is 0.932. The highest BCUT2D eigenvalue weighted by molar-refractivity contribution is 7.89. The third-order valence-corrected chi connectivity index (χ3v) is 4.92. The average Bonchev–Trinajstić information content (AvgIpc) is 2.53. The predicted molar refractivity (Wildman–Crippen MR) is 79.8 cm³/mol. The lowest BCUT2D eigenvalue weighted by Crippen LogP contribution is -2.53. The van der Waals surface area contributed by atoms with Crippen LogP contribution < -0.4 is 4.72 Å². The molecule has 1 saturated heterocycles. The molecule has 1 aliphatic rings. The standard InChI is InChI=1S/C14H20N2O5S/c1-11-2-4-12(5-3-11)22(19,20)15-13(10-17)14(18)16-6-8-21-9-7-16/h2-5,13,15,17H,6-10H2,1H3/t13-/m0/s1. The molecule has 0 aromatic heterocycles. The molecule has 0 bridgehead atoms. The molecule has 1 aliphatic heterocycles. The van der Waals surface area contributed by atoms with E-state index in [1.54, 1.807) is 12.1 Å². The zero-order chi connectivity index (χ0) is 16.2. The first-order chi connectivity index (χ1) is 10.4. The molecule has 0 unspecified atom stereocenters. The van der Waals surface area contributed by atoms with Crippen molar-refractivity contribution in [3.63, 3.8) is 0 Å². The molecule has 0 saturated carbocycles. The second-order valence-corrected chi connectivity index (χ2v) is 6.82. The quantitative estimate of drug-likeness (QED) is 0.759. The molecule has 1 aromatic rings. The van der Waals surface area contributed by atoms with Crippen LogP contribution in [0.25, 0.3) is 0 Å². The van der Waals surface area contributed by atoms with Gasteiger partial charge in [-0.2, -0.15) is 4.72 Å². The summed E-state index contributed by atoms with van der Waals surface area (Å²) in [7, 11) is -3.86. The molecule has 2 N–H and O–H groups in total. The van der Waals surface area contributed by atoms with Crippen molar-refractivity contribution < 1.29 is 23.1 Å². The Labute approximate surface area is 129 Å². The van der Waals surface area contributed by atoms with Gasteiger partial charge in [-0.3, -0.25) is 4.79 Å². The van der Waals surface area contributed by atoms with Crippen molar-refractivity contribution in [2.45, 2.75) is 17.9 Å². The Balaban J connectivity index is 2.11. The lowest BCUT2D eigenvalue weighted by molar-refractivity contribution is -0.137. The number of nitrogens with zero attached hydrogens (tertiary/aromatic N) is 1. The van der Waals surface area contributed by atoms with Gasteiger partial charge in [-0.05, 0) is 19.1 Å². The minimum absolute atomic E-state index is 0.0614. The first-order valence-electron chi connectivity index (χ1n) is 7.00. The lowest BCUT2D eigenvalue weighted by Gasteiger charge is -2.30. The average molecular weight is 328 g/mol. The Hall–Kier alpha value is -1.48. The van der Waals surface area contributed by atoms with E-state index in [4.69, 9.17) is 4.74 Å². The maximum Gasteiger partial charge on any atom is 0.243 e. The monoisotopic (exact) mass is 328 g/mol. The molecule has 122 valence electrons. The second-order valence-electron chi connectivity index (χ2n) is 5.11. The number of hydrogen-bond donors (Lipinski definition) is 2. The van der Waals surface area contributed by atoms with E-state index in [1.165, 1.54) is 17.0 Å². The third-order valence-electron chi connectivity index (χ3n) is 3.43. The fourth-order valence-electron chi connectivity index (χ4n) is 2.14. The molecule has 22 heavy (non-hydrogen) atoms. The summed E-state index contributed by atoms with van der Waals surface area (Å²) in [5.74, 6) is -0.443. The Kier molecular flexibility index (Phi) is 5.52. The molecule has 1 atom stereocenters. The van der Waals surface area contributed by atoms with Crippen molar-refractivity contribution in [2.75, 3.05) is 32.9 Å². The number of carbonyl (C=O) groups is 1. The summed E-state index contributed by atoms with van der Waals surface area (Å²) < 4.78 is 32.0. The van der Waals surface area contributed by atoms with Gasteiger partial charge < -0.3 is 14.7 Å². The van der Waals surface area contributed by atoms with Gasteiger partial charge in [0.15, 0.2) is 0 Å². The minimum atomic E-state index is -3.86. The van der Waals surface area contributed by atoms with Crippen LogP contribution in [0.3, 0.4) is 0 Å². The molecule has 1 heterocycles. The summed E-state index contributed by atoms with van der Waals surface area (Å²) in [6.45, 7) is 2.86. The topological polar surface area (TPSA) is 95.9 Å². The van der Waals surface area contributed by atoms with Gasteiger partial charge in [0.25, 0.3) is 0 Å². The smallest absolute Gasteiger partial charge is 0.243 e. The molecule has 0 spiro atoms. The molecule has 2 rings (SSSR count).